The maximum absolute atomic E-state index is 10.5. The normalized spacial score (nSPS) is 9.00. The molecular weight excluding hydrogens is 184 g/mol. The van der Waals surface area contributed by atoms with Gasteiger partial charge < -0.3 is 4.98 Å². The van der Waals surface area contributed by atoms with Gasteiger partial charge in [-0.3, -0.25) is 4.79 Å². The van der Waals surface area contributed by atoms with E-state index in [0.717, 1.165) is 5.75 Å². The number of aromatic nitrogens is 2. The lowest BCUT2D eigenvalue weighted by molar-refractivity contribution is -0.109. The number of nitrogens with one attached hydrogen (secondary N) is 1. The fraction of sp³-hybridized carbons (Fsp3) is 0.333. The maximum Gasteiger partial charge on any atom is 0.185 e. The zero-order chi connectivity index (χ0) is 9.52. The molecule has 0 aliphatic heterocycles. The largest absolute Gasteiger partial charge is 0.338 e. The molecule has 1 heterocycles. The molecule has 1 N–H and O–H groups in total. The van der Waals surface area contributed by atoms with E-state index in [2.05, 4.69) is 21.8 Å². The summed E-state index contributed by atoms with van der Waals surface area (Å²) < 4.78 is 0. The molecule has 13 heavy (non-hydrogen) atoms. The molecule has 0 amide bonds. The van der Waals surface area contributed by atoms with Crippen LogP contribution >= 0.6 is 11.8 Å². The minimum absolute atomic E-state index is 0.139. The zero-order valence-electron chi connectivity index (χ0n) is 7.33. The van der Waals surface area contributed by atoms with Crippen LogP contribution < -0.4 is 0 Å². The van der Waals surface area contributed by atoms with Crippen LogP contribution in [-0.2, 0) is 4.79 Å². The van der Waals surface area contributed by atoms with Crippen molar-refractivity contribution in [2.45, 2.75) is 13.3 Å². The smallest absolute Gasteiger partial charge is 0.185 e. The molecule has 1 aromatic rings. The first kappa shape index (κ1) is 9.87. The van der Waals surface area contributed by atoms with Crippen molar-refractivity contribution in [3.05, 3.63) is 18.2 Å². The van der Waals surface area contributed by atoms with Gasteiger partial charge in [0.25, 0.3) is 0 Å². The van der Waals surface area contributed by atoms with Crippen LogP contribution in [0.5, 0.6) is 0 Å². The first-order valence-electron chi connectivity index (χ1n) is 3.90. The van der Waals surface area contributed by atoms with Crippen LogP contribution in [0.1, 0.15) is 19.2 Å². The summed E-state index contributed by atoms with van der Waals surface area (Å²) >= 11 is 1.30. The first-order valence-corrected chi connectivity index (χ1v) is 4.89. The predicted molar refractivity (Wildman–Crippen MR) is 53.2 cm³/mol. The molecule has 0 saturated carbocycles. The van der Waals surface area contributed by atoms with Crippen molar-refractivity contribution in [1.82, 2.24) is 9.97 Å². The van der Waals surface area contributed by atoms with Crippen LogP contribution in [0.2, 0.25) is 0 Å². The Morgan fingerprint density at radius 1 is 1.77 bits per heavy atom. The summed E-state index contributed by atoms with van der Waals surface area (Å²) in [5.74, 6) is 7.21. The number of aromatic amines is 1. The van der Waals surface area contributed by atoms with Gasteiger partial charge in [-0.2, -0.15) is 0 Å². The average molecular weight is 194 g/mol. The third-order valence-corrected chi connectivity index (χ3v) is 2.05. The summed E-state index contributed by atoms with van der Waals surface area (Å²) in [4.78, 5) is 17.4. The number of H-pyrrole nitrogens is 1. The zero-order valence-corrected chi connectivity index (χ0v) is 8.15. The highest BCUT2D eigenvalue weighted by atomic mass is 32.2. The van der Waals surface area contributed by atoms with Crippen molar-refractivity contribution in [3.63, 3.8) is 0 Å². The number of imidazole rings is 1. The van der Waals surface area contributed by atoms with Gasteiger partial charge in [0.1, 0.15) is 0 Å². The van der Waals surface area contributed by atoms with Crippen LogP contribution in [0.25, 0.3) is 0 Å². The van der Waals surface area contributed by atoms with E-state index in [4.69, 9.17) is 0 Å². The second kappa shape index (κ2) is 5.44. The van der Waals surface area contributed by atoms with Gasteiger partial charge >= 0.3 is 0 Å². The van der Waals surface area contributed by atoms with Crippen LogP contribution in [0.4, 0.5) is 0 Å². The molecule has 0 unspecified atom stereocenters. The fourth-order valence-electron chi connectivity index (χ4n) is 0.726. The molecule has 68 valence electrons. The van der Waals surface area contributed by atoms with E-state index in [1.807, 2.05) is 0 Å². The number of carbonyl (C=O) groups excluding carboxylic acids is 1. The molecule has 0 bridgehead atoms. The van der Waals surface area contributed by atoms with Crippen LogP contribution in [0.3, 0.4) is 0 Å². The molecule has 3 nitrogen and oxygen atoms in total. The fourth-order valence-corrected chi connectivity index (χ4v) is 1.22. The Morgan fingerprint density at radius 3 is 3.23 bits per heavy atom. The molecule has 4 heteroatoms. The number of nitrogens with zero attached hydrogens (tertiary/aromatic N) is 1. The molecule has 0 aliphatic rings. The van der Waals surface area contributed by atoms with E-state index in [1.54, 1.807) is 19.3 Å². The highest BCUT2D eigenvalue weighted by Crippen LogP contribution is 2.01. The van der Waals surface area contributed by atoms with Crippen molar-refractivity contribution in [2.24, 2.45) is 0 Å². The van der Waals surface area contributed by atoms with Gasteiger partial charge in [-0.25, -0.2) is 4.98 Å². The van der Waals surface area contributed by atoms with Crippen molar-refractivity contribution < 1.29 is 4.79 Å². The quantitative estimate of drug-likeness (QED) is 0.572. The van der Waals surface area contributed by atoms with Gasteiger partial charge in [0, 0.05) is 31.5 Å². The SMILES string of the molecule is CC(=O)SCCC#Cc1ncc[nH]1. The Bertz CT molecular complexity index is 321. The standard InChI is InChI=1S/C9H10N2OS/c1-8(12)13-7-3-2-4-9-10-5-6-11-9/h5-6H,3,7H2,1H3,(H,10,11). The summed E-state index contributed by atoms with van der Waals surface area (Å²) in [7, 11) is 0. The van der Waals surface area contributed by atoms with E-state index in [9.17, 15) is 4.79 Å². The lowest BCUT2D eigenvalue weighted by Crippen LogP contribution is -1.84. The highest BCUT2D eigenvalue weighted by molar-refractivity contribution is 8.13. The van der Waals surface area contributed by atoms with Crippen LogP contribution in [-0.4, -0.2) is 20.8 Å². The van der Waals surface area contributed by atoms with E-state index < -0.39 is 0 Å². The first-order chi connectivity index (χ1) is 6.29. The molecular formula is C9H10N2OS. The number of hydrogen-bond donors (Lipinski definition) is 1. The van der Waals surface area contributed by atoms with Crippen molar-refractivity contribution in [2.75, 3.05) is 5.75 Å². The lowest BCUT2D eigenvalue weighted by Gasteiger charge is -1.87. The van der Waals surface area contributed by atoms with Gasteiger partial charge in [0.2, 0.25) is 0 Å². The number of thioether (sulfide) groups is 1. The van der Waals surface area contributed by atoms with Gasteiger partial charge in [0.05, 0.1) is 0 Å². The monoisotopic (exact) mass is 194 g/mol. The number of carbonyl (C=O) groups is 1. The third-order valence-electron chi connectivity index (χ3n) is 1.24. The van der Waals surface area contributed by atoms with Gasteiger partial charge in [-0.15, -0.1) is 0 Å². The molecule has 0 aliphatic carbocycles. The minimum Gasteiger partial charge on any atom is -0.338 e. The van der Waals surface area contributed by atoms with Crippen molar-refractivity contribution >= 4 is 16.9 Å². The second-order valence-corrected chi connectivity index (χ2v) is 3.60. The average Bonchev–Trinajstić information content (AvgIpc) is 2.55. The molecule has 1 aromatic heterocycles. The third kappa shape index (κ3) is 4.38. The predicted octanol–water partition coefficient (Wildman–Crippen LogP) is 1.43. The Morgan fingerprint density at radius 2 is 2.62 bits per heavy atom. The van der Waals surface area contributed by atoms with Gasteiger partial charge in [-0.05, 0) is 5.92 Å². The number of rotatable bonds is 2. The molecule has 0 spiro atoms. The summed E-state index contributed by atoms with van der Waals surface area (Å²) in [6.45, 7) is 1.56. The minimum atomic E-state index is 0.139. The lowest BCUT2D eigenvalue weighted by atomic mass is 10.4. The Hall–Kier alpha value is -1.21. The van der Waals surface area contributed by atoms with E-state index in [1.165, 1.54) is 11.8 Å². The van der Waals surface area contributed by atoms with Crippen LogP contribution in [0, 0.1) is 11.8 Å². The molecule has 0 aromatic carbocycles. The van der Waals surface area contributed by atoms with Crippen molar-refractivity contribution in [1.29, 1.82) is 0 Å². The topological polar surface area (TPSA) is 45.8 Å². The van der Waals surface area contributed by atoms with Crippen molar-refractivity contribution in [3.8, 4) is 11.8 Å². The number of hydrogen-bond acceptors (Lipinski definition) is 3. The summed E-state index contributed by atoms with van der Waals surface area (Å²) in [6, 6.07) is 0. The van der Waals surface area contributed by atoms with Gasteiger partial charge in [0.15, 0.2) is 10.9 Å². The molecule has 0 saturated heterocycles. The second-order valence-electron chi connectivity index (χ2n) is 2.33. The Kier molecular flexibility index (Phi) is 4.13. The Balaban J connectivity index is 2.22. The summed E-state index contributed by atoms with van der Waals surface area (Å²) in [5.41, 5.74) is 0. The Labute approximate surface area is 81.3 Å². The van der Waals surface area contributed by atoms with E-state index in [-0.39, 0.29) is 5.12 Å². The van der Waals surface area contributed by atoms with Gasteiger partial charge in [-0.1, -0.05) is 17.7 Å². The molecule has 0 radical (unpaired) electrons. The maximum atomic E-state index is 10.5. The van der Waals surface area contributed by atoms with Crippen LogP contribution in [0.15, 0.2) is 12.4 Å². The molecule has 0 atom stereocenters. The molecule has 0 fully saturated rings. The summed E-state index contributed by atoms with van der Waals surface area (Å²) in [6.07, 6.45) is 4.10. The highest BCUT2D eigenvalue weighted by Gasteiger charge is 1.90. The molecule has 1 rings (SSSR count). The summed E-state index contributed by atoms with van der Waals surface area (Å²) in [5, 5.41) is 0.139. The van der Waals surface area contributed by atoms with E-state index in [0.29, 0.717) is 12.2 Å². The van der Waals surface area contributed by atoms with E-state index >= 15 is 0 Å².